The van der Waals surface area contributed by atoms with Crippen LogP contribution in [-0.4, -0.2) is 35.5 Å². The van der Waals surface area contributed by atoms with Crippen LogP contribution in [0, 0.1) is 0 Å². The summed E-state index contributed by atoms with van der Waals surface area (Å²) in [5.41, 5.74) is 1.19. The van der Waals surface area contributed by atoms with E-state index >= 15 is 0 Å². The van der Waals surface area contributed by atoms with E-state index in [0.29, 0.717) is 39.2 Å². The molecule has 29 heavy (non-hydrogen) atoms. The van der Waals surface area contributed by atoms with Gasteiger partial charge in [-0.1, -0.05) is 36.4 Å². The lowest BCUT2D eigenvalue weighted by Crippen LogP contribution is -2.44. The molecule has 1 saturated heterocycles. The normalized spacial score (nSPS) is 15.6. The number of hydrogen-bond donors (Lipinski definition) is 1. The van der Waals surface area contributed by atoms with Crippen molar-refractivity contribution in [3.8, 4) is 5.75 Å². The maximum absolute atomic E-state index is 13.4. The van der Waals surface area contributed by atoms with E-state index in [4.69, 9.17) is 9.47 Å². The second-order valence-corrected chi connectivity index (χ2v) is 7.16. The summed E-state index contributed by atoms with van der Waals surface area (Å²) >= 11 is 0. The predicted molar refractivity (Wildman–Crippen MR) is 111 cm³/mol. The van der Waals surface area contributed by atoms with Gasteiger partial charge < -0.3 is 14.8 Å². The van der Waals surface area contributed by atoms with Crippen LogP contribution in [0.25, 0.3) is 0 Å². The molecule has 1 aromatic heterocycles. The first kappa shape index (κ1) is 19.2. The van der Waals surface area contributed by atoms with E-state index in [1.165, 1.54) is 0 Å². The first-order valence-corrected chi connectivity index (χ1v) is 9.91. The second kappa shape index (κ2) is 8.92. The smallest absolute Gasteiger partial charge is 0.235 e. The number of carbonyl (C=O) groups is 1. The van der Waals surface area contributed by atoms with E-state index in [2.05, 4.69) is 10.4 Å². The Kier molecular flexibility index (Phi) is 5.91. The highest BCUT2D eigenvalue weighted by atomic mass is 16.5. The third kappa shape index (κ3) is 4.49. The van der Waals surface area contributed by atoms with Crippen LogP contribution in [-0.2, 0) is 21.5 Å². The maximum atomic E-state index is 13.4. The van der Waals surface area contributed by atoms with Gasteiger partial charge in [0.05, 0.1) is 12.0 Å². The zero-order valence-electron chi connectivity index (χ0n) is 16.3. The van der Waals surface area contributed by atoms with Crippen molar-refractivity contribution >= 4 is 11.6 Å². The van der Waals surface area contributed by atoms with Crippen LogP contribution in [0.1, 0.15) is 18.4 Å². The molecule has 1 N–H and O–H groups in total. The summed E-state index contributed by atoms with van der Waals surface area (Å²) in [5, 5.41) is 7.27. The Morgan fingerprint density at radius 2 is 1.93 bits per heavy atom. The van der Waals surface area contributed by atoms with E-state index in [0.717, 1.165) is 17.0 Å². The van der Waals surface area contributed by atoms with Gasteiger partial charge in [-0.3, -0.25) is 9.48 Å². The molecule has 0 bridgehead atoms. The third-order valence-electron chi connectivity index (χ3n) is 5.35. The summed E-state index contributed by atoms with van der Waals surface area (Å²) in [5.74, 6) is 0.719. The fourth-order valence-electron chi connectivity index (χ4n) is 3.73. The molecule has 0 atom stereocenters. The van der Waals surface area contributed by atoms with Crippen LogP contribution in [0.3, 0.4) is 0 Å². The highest BCUT2D eigenvalue weighted by Gasteiger charge is 2.41. The molecule has 0 saturated carbocycles. The lowest BCUT2D eigenvalue weighted by Gasteiger charge is -2.36. The van der Waals surface area contributed by atoms with Crippen molar-refractivity contribution in [1.82, 2.24) is 9.78 Å². The first-order valence-electron chi connectivity index (χ1n) is 9.91. The molecule has 1 fully saturated rings. The molecular formula is C23H25N3O3. The number of amides is 1. The Balaban J connectivity index is 1.45. The standard InChI is InChI=1S/C23H25N3O3/c27-22(23(10-15-28-16-11-23)19-6-2-1-3-7-19)25-20-8-4-9-21(18-20)29-17-14-26-13-5-12-24-26/h1-9,12-13,18H,10-11,14-17H2,(H,25,27). The number of nitrogens with zero attached hydrogens (tertiary/aromatic N) is 2. The minimum absolute atomic E-state index is 0.000640. The van der Waals surface area contributed by atoms with Crippen molar-refractivity contribution in [3.63, 3.8) is 0 Å². The van der Waals surface area contributed by atoms with E-state index in [9.17, 15) is 4.79 Å². The zero-order chi connectivity index (χ0) is 19.9. The fourth-order valence-corrected chi connectivity index (χ4v) is 3.73. The Morgan fingerprint density at radius 3 is 2.69 bits per heavy atom. The summed E-state index contributed by atoms with van der Waals surface area (Å²) in [7, 11) is 0. The topological polar surface area (TPSA) is 65.4 Å². The average Bonchev–Trinajstić information content (AvgIpc) is 3.29. The van der Waals surface area contributed by atoms with Crippen molar-refractivity contribution in [2.24, 2.45) is 0 Å². The number of ether oxygens (including phenoxy) is 2. The predicted octanol–water partition coefficient (Wildman–Crippen LogP) is 3.65. The number of nitrogens with one attached hydrogen (secondary N) is 1. The Labute approximate surface area is 170 Å². The molecule has 1 aliphatic rings. The molecule has 2 heterocycles. The number of carbonyl (C=O) groups excluding carboxylic acids is 1. The molecule has 3 aromatic rings. The van der Waals surface area contributed by atoms with Crippen molar-refractivity contribution in [3.05, 3.63) is 78.6 Å². The molecule has 150 valence electrons. The molecule has 4 rings (SSSR count). The van der Waals surface area contributed by atoms with Crippen molar-refractivity contribution in [1.29, 1.82) is 0 Å². The van der Waals surface area contributed by atoms with Crippen LogP contribution < -0.4 is 10.1 Å². The highest BCUT2D eigenvalue weighted by molar-refractivity contribution is 5.99. The molecule has 0 aliphatic carbocycles. The van der Waals surface area contributed by atoms with Gasteiger partial charge in [-0.25, -0.2) is 0 Å². The number of hydrogen-bond acceptors (Lipinski definition) is 4. The lowest BCUT2D eigenvalue weighted by atomic mass is 9.73. The van der Waals surface area contributed by atoms with Crippen molar-refractivity contribution in [2.75, 3.05) is 25.1 Å². The number of benzene rings is 2. The van der Waals surface area contributed by atoms with Gasteiger partial charge in [-0.15, -0.1) is 0 Å². The molecule has 0 spiro atoms. The van der Waals surface area contributed by atoms with Crippen LogP contribution in [0.5, 0.6) is 5.75 Å². The molecule has 1 amide bonds. The molecule has 0 radical (unpaired) electrons. The molecule has 6 nitrogen and oxygen atoms in total. The van der Waals surface area contributed by atoms with Gasteiger partial charge >= 0.3 is 0 Å². The Bertz CT molecular complexity index is 920. The van der Waals surface area contributed by atoms with Crippen LogP contribution >= 0.6 is 0 Å². The highest BCUT2D eigenvalue weighted by Crippen LogP contribution is 2.36. The van der Waals surface area contributed by atoms with E-state index in [1.54, 1.807) is 6.20 Å². The number of rotatable bonds is 7. The largest absolute Gasteiger partial charge is 0.492 e. The van der Waals surface area contributed by atoms with Gasteiger partial charge in [-0.05, 0) is 36.6 Å². The van der Waals surface area contributed by atoms with Gasteiger partial charge in [0.1, 0.15) is 12.4 Å². The van der Waals surface area contributed by atoms with Crippen LogP contribution in [0.15, 0.2) is 73.1 Å². The SMILES string of the molecule is O=C(Nc1cccc(OCCn2cccn2)c1)C1(c2ccccc2)CCOCC1. The lowest BCUT2D eigenvalue weighted by molar-refractivity contribution is -0.125. The van der Waals surface area contributed by atoms with Crippen LogP contribution in [0.2, 0.25) is 0 Å². The van der Waals surface area contributed by atoms with E-state index < -0.39 is 5.41 Å². The van der Waals surface area contributed by atoms with Crippen LogP contribution in [0.4, 0.5) is 5.69 Å². The van der Waals surface area contributed by atoms with E-state index in [1.807, 2.05) is 71.5 Å². The minimum Gasteiger partial charge on any atom is -0.492 e. The summed E-state index contributed by atoms with van der Waals surface area (Å²) < 4.78 is 13.2. The second-order valence-electron chi connectivity index (χ2n) is 7.16. The summed E-state index contributed by atoms with van der Waals surface area (Å²) in [6, 6.07) is 19.4. The Morgan fingerprint density at radius 1 is 1.10 bits per heavy atom. The van der Waals surface area contributed by atoms with Gasteiger partial charge in [0.2, 0.25) is 5.91 Å². The molecule has 2 aromatic carbocycles. The number of aromatic nitrogens is 2. The molecule has 6 heteroatoms. The summed E-state index contributed by atoms with van der Waals surface area (Å²) in [6.07, 6.45) is 4.98. The first-order chi connectivity index (χ1) is 14.3. The van der Waals surface area contributed by atoms with Gasteiger partial charge in [0, 0.05) is 37.4 Å². The summed E-state index contributed by atoms with van der Waals surface area (Å²) in [4.78, 5) is 13.4. The molecule has 0 unspecified atom stereocenters. The summed E-state index contributed by atoms with van der Waals surface area (Å²) in [6.45, 7) is 2.34. The van der Waals surface area contributed by atoms with Crippen molar-refractivity contribution < 1.29 is 14.3 Å². The zero-order valence-corrected chi connectivity index (χ0v) is 16.3. The number of anilines is 1. The molecule has 1 aliphatic heterocycles. The van der Waals surface area contributed by atoms with Crippen molar-refractivity contribution in [2.45, 2.75) is 24.8 Å². The minimum atomic E-state index is -0.573. The quantitative estimate of drug-likeness (QED) is 0.668. The molecular weight excluding hydrogens is 366 g/mol. The monoisotopic (exact) mass is 391 g/mol. The average molecular weight is 391 g/mol. The maximum Gasteiger partial charge on any atom is 0.235 e. The Hall–Kier alpha value is -3.12. The van der Waals surface area contributed by atoms with Gasteiger partial charge in [-0.2, -0.15) is 5.10 Å². The van der Waals surface area contributed by atoms with Gasteiger partial charge in [0.15, 0.2) is 0 Å². The third-order valence-corrected chi connectivity index (χ3v) is 5.35. The van der Waals surface area contributed by atoms with E-state index in [-0.39, 0.29) is 5.91 Å². The fraction of sp³-hybridized carbons (Fsp3) is 0.304. The van der Waals surface area contributed by atoms with Gasteiger partial charge in [0.25, 0.3) is 0 Å².